The summed E-state index contributed by atoms with van der Waals surface area (Å²) in [5.74, 6) is 1.76. The average Bonchev–Trinajstić information content (AvgIpc) is 3.04. The molecule has 0 N–H and O–H groups in total. The monoisotopic (exact) mass is 608 g/mol. The Kier molecular flexibility index (Phi) is 12.7. The Morgan fingerprint density at radius 1 is 0.333 bits per heavy atom. The zero-order valence-electron chi connectivity index (χ0n) is 27.4. The minimum Gasteiger partial charge on any atom is -0.457 e. The van der Waals surface area contributed by atoms with Crippen molar-refractivity contribution in [3.8, 4) is 11.5 Å². The van der Waals surface area contributed by atoms with Crippen LogP contribution in [-0.2, 0) is 6.42 Å². The van der Waals surface area contributed by atoms with Gasteiger partial charge in [-0.2, -0.15) is 0 Å². The van der Waals surface area contributed by atoms with Crippen molar-refractivity contribution in [2.45, 2.75) is 57.8 Å². The molecular weight excluding hydrogens is 565 g/mol. The molecule has 0 amide bonds. The highest BCUT2D eigenvalue weighted by Crippen LogP contribution is 2.27. The van der Waals surface area contributed by atoms with Gasteiger partial charge in [0.1, 0.15) is 11.5 Å². The summed E-state index contributed by atoms with van der Waals surface area (Å²) in [6, 6.07) is 50.9. The van der Waals surface area contributed by atoms with Gasteiger partial charge in [0.2, 0.25) is 0 Å². The molecule has 0 aromatic heterocycles. The summed E-state index contributed by atoms with van der Waals surface area (Å²) in [4.78, 5) is 2.59. The van der Waals surface area contributed by atoms with Crippen molar-refractivity contribution < 1.29 is 4.74 Å². The lowest BCUT2D eigenvalue weighted by Crippen LogP contribution is -1.88. The lowest BCUT2D eigenvalue weighted by atomic mass is 10.0. The Labute approximate surface area is 275 Å². The molecule has 0 aliphatic carbocycles. The smallest absolute Gasteiger partial charge is 0.127 e. The summed E-state index contributed by atoms with van der Waals surface area (Å²) in [5.41, 5.74) is 10.5. The molecule has 0 saturated carbocycles. The van der Waals surface area contributed by atoms with E-state index in [9.17, 15) is 0 Å². The molecule has 0 unspecified atom stereocenters. The lowest BCUT2D eigenvalue weighted by molar-refractivity contribution is 0.482. The summed E-state index contributed by atoms with van der Waals surface area (Å²) >= 11 is 1.80. The fourth-order valence-corrected chi connectivity index (χ4v) is 5.16. The first-order valence-electron chi connectivity index (χ1n) is 15.5. The van der Waals surface area contributed by atoms with Crippen LogP contribution in [0.5, 0.6) is 11.5 Å². The summed E-state index contributed by atoms with van der Waals surface area (Å²) in [7, 11) is 0. The summed E-state index contributed by atoms with van der Waals surface area (Å²) < 4.78 is 5.69. The van der Waals surface area contributed by atoms with E-state index in [4.69, 9.17) is 4.74 Å². The molecule has 2 heteroatoms. The maximum absolute atomic E-state index is 5.69. The van der Waals surface area contributed by atoms with Crippen LogP contribution >= 0.6 is 11.8 Å². The largest absolute Gasteiger partial charge is 0.457 e. The van der Waals surface area contributed by atoms with E-state index in [-0.39, 0.29) is 0 Å². The Morgan fingerprint density at radius 2 is 0.578 bits per heavy atom. The molecule has 0 aliphatic rings. The van der Waals surface area contributed by atoms with E-state index < -0.39 is 0 Å². The van der Waals surface area contributed by atoms with Gasteiger partial charge < -0.3 is 4.74 Å². The van der Waals surface area contributed by atoms with E-state index in [2.05, 4.69) is 139 Å². The number of rotatable bonds is 6. The minimum atomic E-state index is 0.879. The standard InChI is InChI=1S/C15H16.C14H14O.C14H14S/c1-12-3-7-14(8-4-12)11-15-9-5-13(2)6-10-15;2*1-11-3-7-13(8-4-11)15-14-9-5-12(2)6-10-14/h3-10H,11H2,1-2H3;2*3-10H,1-2H3. The summed E-state index contributed by atoms with van der Waals surface area (Å²) in [5, 5.41) is 0. The molecule has 0 spiro atoms. The maximum Gasteiger partial charge on any atom is 0.127 e. The number of ether oxygens (including phenoxy) is 1. The molecule has 45 heavy (non-hydrogen) atoms. The van der Waals surface area contributed by atoms with E-state index in [0.717, 1.165) is 17.9 Å². The van der Waals surface area contributed by atoms with Crippen molar-refractivity contribution >= 4 is 11.8 Å². The first-order chi connectivity index (χ1) is 21.7. The normalized spacial score (nSPS) is 10.2. The third-order valence-electron chi connectivity index (χ3n) is 7.20. The maximum atomic E-state index is 5.69. The van der Waals surface area contributed by atoms with Gasteiger partial charge in [0.05, 0.1) is 0 Å². The van der Waals surface area contributed by atoms with Crippen molar-refractivity contribution in [3.63, 3.8) is 0 Å². The highest BCUT2D eigenvalue weighted by Gasteiger charge is 1.98. The molecular formula is C43H44OS. The van der Waals surface area contributed by atoms with Gasteiger partial charge in [-0.1, -0.05) is 142 Å². The van der Waals surface area contributed by atoms with E-state index in [1.165, 1.54) is 54.3 Å². The molecule has 6 rings (SSSR count). The molecule has 0 atom stereocenters. The van der Waals surface area contributed by atoms with Gasteiger partial charge >= 0.3 is 0 Å². The van der Waals surface area contributed by atoms with Crippen LogP contribution in [0.2, 0.25) is 0 Å². The highest BCUT2D eigenvalue weighted by molar-refractivity contribution is 7.99. The summed E-state index contributed by atoms with van der Waals surface area (Å²) in [6.07, 6.45) is 1.03. The summed E-state index contributed by atoms with van der Waals surface area (Å²) in [6.45, 7) is 12.6. The fraction of sp³-hybridized carbons (Fsp3) is 0.163. The minimum absolute atomic E-state index is 0.879. The first kappa shape index (κ1) is 33.4. The zero-order valence-corrected chi connectivity index (χ0v) is 28.2. The molecule has 6 aromatic rings. The number of benzene rings is 6. The van der Waals surface area contributed by atoms with E-state index in [1.54, 1.807) is 11.8 Å². The van der Waals surface area contributed by atoms with Gasteiger partial charge in [-0.15, -0.1) is 0 Å². The van der Waals surface area contributed by atoms with Crippen molar-refractivity contribution in [3.05, 3.63) is 190 Å². The van der Waals surface area contributed by atoms with Crippen LogP contribution in [0.15, 0.2) is 155 Å². The van der Waals surface area contributed by atoms with Crippen molar-refractivity contribution in [1.82, 2.24) is 0 Å². The fourth-order valence-electron chi connectivity index (χ4n) is 4.34. The van der Waals surface area contributed by atoms with Crippen LogP contribution in [0.1, 0.15) is 44.5 Å². The topological polar surface area (TPSA) is 9.23 Å². The molecule has 0 aliphatic heterocycles. The van der Waals surface area contributed by atoms with Crippen LogP contribution < -0.4 is 4.74 Å². The van der Waals surface area contributed by atoms with E-state index in [1.807, 2.05) is 48.5 Å². The van der Waals surface area contributed by atoms with Gasteiger partial charge in [-0.3, -0.25) is 0 Å². The Balaban J connectivity index is 0.000000154. The zero-order chi connectivity index (χ0) is 32.0. The second-order valence-corrected chi connectivity index (χ2v) is 12.8. The molecule has 0 radical (unpaired) electrons. The second-order valence-electron chi connectivity index (χ2n) is 11.6. The van der Waals surface area contributed by atoms with Crippen LogP contribution in [-0.4, -0.2) is 0 Å². The van der Waals surface area contributed by atoms with Gasteiger partial charge in [-0.25, -0.2) is 0 Å². The third kappa shape index (κ3) is 12.2. The van der Waals surface area contributed by atoms with E-state index >= 15 is 0 Å². The van der Waals surface area contributed by atoms with Gasteiger partial charge in [0.25, 0.3) is 0 Å². The molecule has 6 aromatic carbocycles. The first-order valence-corrected chi connectivity index (χ1v) is 16.3. The number of hydrogen-bond acceptors (Lipinski definition) is 2. The Hall–Kier alpha value is -4.53. The predicted octanol–water partition coefficient (Wildman–Crippen LogP) is 12.4. The quantitative estimate of drug-likeness (QED) is 0.186. The molecule has 0 heterocycles. The van der Waals surface area contributed by atoms with Crippen LogP contribution in [0.3, 0.4) is 0 Å². The Bertz CT molecular complexity index is 1360. The average molecular weight is 609 g/mol. The molecule has 0 bridgehead atoms. The Morgan fingerprint density at radius 3 is 0.867 bits per heavy atom. The predicted molar refractivity (Wildman–Crippen MR) is 194 cm³/mol. The lowest BCUT2D eigenvalue weighted by Gasteiger charge is -2.05. The highest BCUT2D eigenvalue weighted by atomic mass is 32.2. The van der Waals surface area contributed by atoms with Crippen molar-refractivity contribution in [2.24, 2.45) is 0 Å². The van der Waals surface area contributed by atoms with Crippen molar-refractivity contribution in [1.29, 1.82) is 0 Å². The molecule has 228 valence electrons. The van der Waals surface area contributed by atoms with Crippen LogP contribution in [0, 0.1) is 41.5 Å². The third-order valence-corrected chi connectivity index (χ3v) is 8.22. The molecule has 1 nitrogen and oxygen atoms in total. The van der Waals surface area contributed by atoms with Crippen LogP contribution in [0.4, 0.5) is 0 Å². The molecule has 0 saturated heterocycles. The second kappa shape index (κ2) is 17.1. The number of aryl methyl sites for hydroxylation is 6. The van der Waals surface area contributed by atoms with Gasteiger partial charge in [0.15, 0.2) is 0 Å². The van der Waals surface area contributed by atoms with Crippen LogP contribution in [0.25, 0.3) is 0 Å². The SMILES string of the molecule is Cc1ccc(Cc2ccc(C)cc2)cc1.Cc1ccc(Oc2ccc(C)cc2)cc1.Cc1ccc(Sc2ccc(C)cc2)cc1. The van der Waals surface area contributed by atoms with Crippen molar-refractivity contribution in [2.75, 3.05) is 0 Å². The van der Waals surface area contributed by atoms with Gasteiger partial charge in [0, 0.05) is 9.79 Å². The van der Waals surface area contributed by atoms with Gasteiger partial charge in [-0.05, 0) is 108 Å². The van der Waals surface area contributed by atoms with E-state index in [0.29, 0.717) is 0 Å². The molecule has 0 fully saturated rings. The number of hydrogen-bond donors (Lipinski definition) is 0.